The van der Waals surface area contributed by atoms with Gasteiger partial charge in [-0.15, -0.1) is 0 Å². The summed E-state index contributed by atoms with van der Waals surface area (Å²) in [7, 11) is -1.42. The SMILES string of the molecule is CCC(C(=O)NC(C)(C)C)N(Cc1ccc(F)cc1)C(=O)CN(c1ccccc1OC)S(=O)(=O)c1ccc(OC)cc1. The fourth-order valence-corrected chi connectivity index (χ4v) is 5.81. The first-order valence-electron chi connectivity index (χ1n) is 13.5. The van der Waals surface area contributed by atoms with Crippen LogP contribution in [0, 0.1) is 5.82 Å². The van der Waals surface area contributed by atoms with Crippen molar-refractivity contribution in [1.29, 1.82) is 0 Å². The summed E-state index contributed by atoms with van der Waals surface area (Å²) in [5.41, 5.74) is 0.155. The molecule has 0 heterocycles. The molecule has 0 aromatic heterocycles. The van der Waals surface area contributed by atoms with E-state index in [9.17, 15) is 22.4 Å². The predicted molar refractivity (Wildman–Crippen MR) is 159 cm³/mol. The number of carbonyl (C=O) groups excluding carboxylic acids is 2. The first-order chi connectivity index (χ1) is 19.8. The molecule has 0 aliphatic heterocycles. The van der Waals surface area contributed by atoms with E-state index in [0.29, 0.717) is 11.3 Å². The molecule has 42 heavy (non-hydrogen) atoms. The number of nitrogens with zero attached hydrogens (tertiary/aromatic N) is 2. The number of para-hydroxylation sites is 2. The predicted octanol–water partition coefficient (Wildman–Crippen LogP) is 4.76. The summed E-state index contributed by atoms with van der Waals surface area (Å²) >= 11 is 0. The molecule has 9 nitrogen and oxygen atoms in total. The Morgan fingerprint density at radius 2 is 1.55 bits per heavy atom. The van der Waals surface area contributed by atoms with Crippen molar-refractivity contribution >= 4 is 27.5 Å². The summed E-state index contributed by atoms with van der Waals surface area (Å²) in [6.07, 6.45) is 0.259. The lowest BCUT2D eigenvalue weighted by atomic mass is 10.1. The Balaban J connectivity index is 2.11. The number of sulfonamides is 1. The minimum absolute atomic E-state index is 0.0441. The van der Waals surface area contributed by atoms with Crippen LogP contribution in [0.1, 0.15) is 39.7 Å². The van der Waals surface area contributed by atoms with Gasteiger partial charge in [-0.1, -0.05) is 31.2 Å². The topological polar surface area (TPSA) is 105 Å². The van der Waals surface area contributed by atoms with E-state index >= 15 is 0 Å². The van der Waals surface area contributed by atoms with Crippen LogP contribution in [0.3, 0.4) is 0 Å². The van der Waals surface area contributed by atoms with Crippen LogP contribution in [0.15, 0.2) is 77.7 Å². The smallest absolute Gasteiger partial charge is 0.264 e. The van der Waals surface area contributed by atoms with Crippen LogP contribution in [-0.2, 0) is 26.2 Å². The second-order valence-electron chi connectivity index (χ2n) is 10.7. The first kappa shape index (κ1) is 32.4. The maximum Gasteiger partial charge on any atom is 0.264 e. The molecule has 0 bridgehead atoms. The number of amides is 2. The van der Waals surface area contributed by atoms with Gasteiger partial charge in [0.15, 0.2) is 0 Å². The van der Waals surface area contributed by atoms with E-state index in [1.807, 2.05) is 20.8 Å². The summed E-state index contributed by atoms with van der Waals surface area (Å²) < 4.78 is 53.4. The number of methoxy groups -OCH3 is 2. The fraction of sp³-hybridized carbons (Fsp3) is 0.355. The lowest BCUT2D eigenvalue weighted by molar-refractivity contribution is -0.141. The highest BCUT2D eigenvalue weighted by Gasteiger charge is 2.35. The van der Waals surface area contributed by atoms with Gasteiger partial charge in [-0.3, -0.25) is 13.9 Å². The molecule has 3 rings (SSSR count). The molecular formula is C31H38FN3O6S. The van der Waals surface area contributed by atoms with E-state index < -0.39 is 39.9 Å². The average molecular weight is 600 g/mol. The number of benzene rings is 3. The van der Waals surface area contributed by atoms with Gasteiger partial charge in [0.25, 0.3) is 10.0 Å². The van der Waals surface area contributed by atoms with E-state index in [1.165, 1.54) is 67.7 Å². The minimum atomic E-state index is -4.30. The van der Waals surface area contributed by atoms with Crippen molar-refractivity contribution in [2.75, 3.05) is 25.1 Å². The molecule has 0 radical (unpaired) electrons. The molecule has 0 spiro atoms. The molecule has 1 N–H and O–H groups in total. The summed E-state index contributed by atoms with van der Waals surface area (Å²) in [5.74, 6) is -0.748. The standard InChI is InChI=1S/C31H38FN3O6S/c1-7-26(30(37)33-31(2,3)4)34(20-22-12-14-23(32)15-13-22)29(36)21-35(27-10-8-9-11-28(27)41-6)42(38,39)25-18-16-24(40-5)17-19-25/h8-19,26H,7,20-21H2,1-6H3,(H,33,37). The molecule has 0 saturated heterocycles. The molecule has 3 aromatic carbocycles. The largest absolute Gasteiger partial charge is 0.497 e. The van der Waals surface area contributed by atoms with Crippen LogP contribution in [0.4, 0.5) is 10.1 Å². The molecule has 226 valence electrons. The van der Waals surface area contributed by atoms with Crippen molar-refractivity contribution < 1.29 is 31.9 Å². The number of carbonyl (C=O) groups is 2. The Morgan fingerprint density at radius 1 is 0.929 bits per heavy atom. The Hall–Kier alpha value is -4.12. The summed E-state index contributed by atoms with van der Waals surface area (Å²) in [6.45, 7) is 6.58. The van der Waals surface area contributed by atoms with Crippen molar-refractivity contribution in [3.63, 3.8) is 0 Å². The third kappa shape index (κ3) is 8.00. The van der Waals surface area contributed by atoms with E-state index in [-0.39, 0.29) is 35.2 Å². The van der Waals surface area contributed by atoms with Crippen molar-refractivity contribution in [1.82, 2.24) is 10.2 Å². The molecule has 2 amide bonds. The number of rotatable bonds is 12. The highest BCUT2D eigenvalue weighted by molar-refractivity contribution is 7.92. The van der Waals surface area contributed by atoms with Gasteiger partial charge in [-0.05, 0) is 81.3 Å². The van der Waals surface area contributed by atoms with Crippen LogP contribution in [0.5, 0.6) is 11.5 Å². The Kier molecular flexibility index (Phi) is 10.6. The Bertz CT molecular complexity index is 1470. The lowest BCUT2D eigenvalue weighted by Crippen LogP contribution is -2.55. The fourth-order valence-electron chi connectivity index (χ4n) is 4.38. The van der Waals surface area contributed by atoms with Crippen LogP contribution in [0.2, 0.25) is 0 Å². The van der Waals surface area contributed by atoms with Gasteiger partial charge in [0.2, 0.25) is 11.8 Å². The van der Waals surface area contributed by atoms with Gasteiger partial charge in [-0.25, -0.2) is 12.8 Å². The van der Waals surface area contributed by atoms with E-state index in [4.69, 9.17) is 9.47 Å². The Morgan fingerprint density at radius 3 is 2.10 bits per heavy atom. The second-order valence-corrected chi connectivity index (χ2v) is 12.5. The molecule has 1 unspecified atom stereocenters. The molecular weight excluding hydrogens is 561 g/mol. The van der Waals surface area contributed by atoms with Crippen LogP contribution >= 0.6 is 0 Å². The second kappa shape index (κ2) is 13.7. The van der Waals surface area contributed by atoms with Crippen molar-refractivity contribution in [2.24, 2.45) is 0 Å². The monoisotopic (exact) mass is 599 g/mol. The molecule has 0 fully saturated rings. The van der Waals surface area contributed by atoms with Crippen LogP contribution in [0.25, 0.3) is 0 Å². The van der Waals surface area contributed by atoms with E-state index in [2.05, 4.69) is 5.32 Å². The number of hydrogen-bond acceptors (Lipinski definition) is 6. The van der Waals surface area contributed by atoms with Gasteiger partial charge in [0.1, 0.15) is 29.9 Å². The zero-order valence-corrected chi connectivity index (χ0v) is 25.6. The highest BCUT2D eigenvalue weighted by Crippen LogP contribution is 2.33. The number of ether oxygens (including phenoxy) is 2. The minimum Gasteiger partial charge on any atom is -0.497 e. The van der Waals surface area contributed by atoms with Gasteiger partial charge in [-0.2, -0.15) is 0 Å². The van der Waals surface area contributed by atoms with Gasteiger partial charge in [0.05, 0.1) is 24.8 Å². The number of nitrogens with one attached hydrogen (secondary N) is 1. The van der Waals surface area contributed by atoms with E-state index in [1.54, 1.807) is 31.2 Å². The molecule has 0 aliphatic carbocycles. The van der Waals surface area contributed by atoms with Crippen molar-refractivity contribution in [3.8, 4) is 11.5 Å². The zero-order valence-electron chi connectivity index (χ0n) is 24.8. The number of anilines is 1. The summed E-state index contributed by atoms with van der Waals surface area (Å²) in [5, 5.41) is 2.91. The van der Waals surface area contributed by atoms with Crippen LogP contribution < -0.4 is 19.1 Å². The number of hydrogen-bond donors (Lipinski definition) is 1. The van der Waals surface area contributed by atoms with Gasteiger partial charge < -0.3 is 19.7 Å². The van der Waals surface area contributed by atoms with Crippen LogP contribution in [-0.4, -0.2) is 57.5 Å². The molecule has 11 heteroatoms. The van der Waals surface area contributed by atoms with Gasteiger partial charge >= 0.3 is 0 Å². The third-order valence-electron chi connectivity index (χ3n) is 6.43. The molecule has 0 aliphatic rings. The highest BCUT2D eigenvalue weighted by atomic mass is 32.2. The van der Waals surface area contributed by atoms with Gasteiger partial charge in [0, 0.05) is 12.1 Å². The van der Waals surface area contributed by atoms with Crippen molar-refractivity contribution in [2.45, 2.75) is 57.1 Å². The quantitative estimate of drug-likeness (QED) is 0.322. The molecule has 0 saturated carbocycles. The average Bonchev–Trinajstić information content (AvgIpc) is 2.95. The number of halogens is 1. The van der Waals surface area contributed by atoms with E-state index in [0.717, 1.165) is 4.31 Å². The lowest BCUT2D eigenvalue weighted by Gasteiger charge is -2.35. The molecule has 3 aromatic rings. The zero-order chi connectivity index (χ0) is 31.1. The third-order valence-corrected chi connectivity index (χ3v) is 8.20. The maximum absolute atomic E-state index is 14.2. The van der Waals surface area contributed by atoms with Crippen molar-refractivity contribution in [3.05, 3.63) is 84.2 Å². The Labute approximate surface area is 247 Å². The molecule has 1 atom stereocenters. The summed E-state index contributed by atoms with van der Waals surface area (Å²) in [6, 6.07) is 16.9. The summed E-state index contributed by atoms with van der Waals surface area (Å²) in [4.78, 5) is 28.8. The maximum atomic E-state index is 14.2. The normalized spacial score (nSPS) is 12.3. The first-order valence-corrected chi connectivity index (χ1v) is 14.9.